The van der Waals surface area contributed by atoms with E-state index in [9.17, 15) is 13.2 Å². The SMILES string of the molecule is CC1CCN(S(=O)(=O)c2ccc(C(=O)NCCCNC(C)(C)C)cc2)CC1. The van der Waals surface area contributed by atoms with Gasteiger partial charge in [-0.05, 0) is 76.8 Å². The van der Waals surface area contributed by atoms with Crippen molar-refractivity contribution in [2.45, 2.75) is 57.4 Å². The van der Waals surface area contributed by atoms with Crippen LogP contribution in [0.5, 0.6) is 0 Å². The van der Waals surface area contributed by atoms with Gasteiger partial charge in [-0.15, -0.1) is 0 Å². The summed E-state index contributed by atoms with van der Waals surface area (Å²) in [6.07, 6.45) is 2.62. The van der Waals surface area contributed by atoms with Gasteiger partial charge in [0.1, 0.15) is 0 Å². The van der Waals surface area contributed by atoms with Crippen LogP contribution in [0.2, 0.25) is 0 Å². The number of nitrogens with zero attached hydrogens (tertiary/aromatic N) is 1. The number of carbonyl (C=O) groups excluding carboxylic acids is 1. The van der Waals surface area contributed by atoms with Gasteiger partial charge in [-0.25, -0.2) is 8.42 Å². The van der Waals surface area contributed by atoms with Crippen LogP contribution in [0.4, 0.5) is 0 Å². The summed E-state index contributed by atoms with van der Waals surface area (Å²) in [4.78, 5) is 12.5. The predicted molar refractivity (Wildman–Crippen MR) is 108 cm³/mol. The van der Waals surface area contributed by atoms with Gasteiger partial charge in [0.25, 0.3) is 5.91 Å². The molecule has 1 amide bonds. The van der Waals surface area contributed by atoms with Crippen LogP contribution in [0.1, 0.15) is 57.3 Å². The van der Waals surface area contributed by atoms with Gasteiger partial charge in [0, 0.05) is 30.7 Å². The van der Waals surface area contributed by atoms with Crippen molar-refractivity contribution in [2.24, 2.45) is 5.92 Å². The summed E-state index contributed by atoms with van der Waals surface area (Å²) in [6.45, 7) is 11.0. The monoisotopic (exact) mass is 395 g/mol. The molecule has 1 fully saturated rings. The molecule has 1 aromatic rings. The molecule has 7 heteroatoms. The van der Waals surface area contributed by atoms with Crippen molar-refractivity contribution in [3.63, 3.8) is 0 Å². The molecule has 6 nitrogen and oxygen atoms in total. The van der Waals surface area contributed by atoms with Crippen LogP contribution in [0.25, 0.3) is 0 Å². The van der Waals surface area contributed by atoms with Crippen molar-refractivity contribution in [1.82, 2.24) is 14.9 Å². The van der Waals surface area contributed by atoms with E-state index in [1.54, 1.807) is 16.4 Å². The molecule has 0 aliphatic carbocycles. The summed E-state index contributed by atoms with van der Waals surface area (Å²) in [6, 6.07) is 6.23. The first-order valence-electron chi connectivity index (χ1n) is 9.73. The predicted octanol–water partition coefficient (Wildman–Crippen LogP) is 2.62. The number of amides is 1. The van der Waals surface area contributed by atoms with E-state index >= 15 is 0 Å². The quantitative estimate of drug-likeness (QED) is 0.696. The van der Waals surface area contributed by atoms with Crippen LogP contribution < -0.4 is 10.6 Å². The Labute approximate surface area is 163 Å². The third-order valence-corrected chi connectivity index (χ3v) is 6.70. The average Bonchev–Trinajstić information content (AvgIpc) is 2.61. The maximum Gasteiger partial charge on any atom is 0.251 e. The molecule has 0 saturated carbocycles. The fraction of sp³-hybridized carbons (Fsp3) is 0.650. The number of rotatable bonds is 7. The molecule has 0 spiro atoms. The lowest BCUT2D eigenvalue weighted by Crippen LogP contribution is -2.38. The molecule has 0 unspecified atom stereocenters. The van der Waals surface area contributed by atoms with Crippen LogP contribution >= 0.6 is 0 Å². The van der Waals surface area contributed by atoms with Crippen LogP contribution in [-0.4, -0.2) is 50.3 Å². The minimum atomic E-state index is -3.47. The second-order valence-electron chi connectivity index (χ2n) is 8.40. The van der Waals surface area contributed by atoms with E-state index in [4.69, 9.17) is 0 Å². The second kappa shape index (κ2) is 9.17. The zero-order chi connectivity index (χ0) is 20.1. The summed E-state index contributed by atoms with van der Waals surface area (Å²) in [5.41, 5.74) is 0.544. The number of benzene rings is 1. The standard InChI is InChI=1S/C20H33N3O3S/c1-16-10-14-23(15-11-16)27(25,26)18-8-6-17(7-9-18)19(24)21-12-5-13-22-20(2,3)4/h6-9,16,22H,5,10-15H2,1-4H3,(H,21,24). The molecule has 1 heterocycles. The number of nitrogens with one attached hydrogen (secondary N) is 2. The highest BCUT2D eigenvalue weighted by atomic mass is 32.2. The number of hydrogen-bond acceptors (Lipinski definition) is 4. The van der Waals surface area contributed by atoms with E-state index in [2.05, 4.69) is 38.3 Å². The highest BCUT2D eigenvalue weighted by molar-refractivity contribution is 7.89. The first-order valence-corrected chi connectivity index (χ1v) is 11.2. The van der Waals surface area contributed by atoms with Crippen LogP contribution in [-0.2, 0) is 10.0 Å². The average molecular weight is 396 g/mol. The molecule has 1 aliphatic heterocycles. The molecule has 0 aromatic heterocycles. The molecule has 0 bridgehead atoms. The first-order chi connectivity index (χ1) is 12.6. The Kier molecular flexibility index (Phi) is 7.42. The number of carbonyl (C=O) groups is 1. The first kappa shape index (κ1) is 21.9. The lowest BCUT2D eigenvalue weighted by Gasteiger charge is -2.29. The van der Waals surface area contributed by atoms with Crippen molar-refractivity contribution < 1.29 is 13.2 Å². The van der Waals surface area contributed by atoms with Crippen LogP contribution in [0, 0.1) is 5.92 Å². The normalized spacial score (nSPS) is 17.0. The second-order valence-corrected chi connectivity index (χ2v) is 10.3. The van der Waals surface area contributed by atoms with Crippen LogP contribution in [0.3, 0.4) is 0 Å². The fourth-order valence-corrected chi connectivity index (χ4v) is 4.48. The van der Waals surface area contributed by atoms with E-state index in [0.29, 0.717) is 31.1 Å². The van der Waals surface area contributed by atoms with E-state index < -0.39 is 10.0 Å². The summed E-state index contributed by atoms with van der Waals surface area (Å²) in [5, 5.41) is 6.24. The van der Waals surface area contributed by atoms with Crippen molar-refractivity contribution in [1.29, 1.82) is 0 Å². The zero-order valence-corrected chi connectivity index (χ0v) is 17.7. The topological polar surface area (TPSA) is 78.5 Å². The Balaban J connectivity index is 1.87. The minimum absolute atomic E-state index is 0.0672. The largest absolute Gasteiger partial charge is 0.352 e. The van der Waals surface area contributed by atoms with E-state index in [-0.39, 0.29) is 16.3 Å². The summed E-state index contributed by atoms with van der Waals surface area (Å²) < 4.78 is 27.0. The zero-order valence-electron chi connectivity index (χ0n) is 16.9. The highest BCUT2D eigenvalue weighted by Gasteiger charge is 2.28. The number of sulfonamides is 1. The molecule has 2 N–H and O–H groups in total. The van der Waals surface area contributed by atoms with Gasteiger partial charge < -0.3 is 10.6 Å². The molecule has 0 atom stereocenters. The van der Waals surface area contributed by atoms with Gasteiger partial charge in [-0.2, -0.15) is 4.31 Å². The molecule has 1 aromatic carbocycles. The van der Waals surface area contributed by atoms with E-state index in [1.165, 1.54) is 12.1 Å². The van der Waals surface area contributed by atoms with Crippen molar-refractivity contribution in [3.8, 4) is 0 Å². The van der Waals surface area contributed by atoms with Crippen molar-refractivity contribution in [3.05, 3.63) is 29.8 Å². The van der Waals surface area contributed by atoms with Gasteiger partial charge in [-0.3, -0.25) is 4.79 Å². The molecule has 1 aliphatic rings. The van der Waals surface area contributed by atoms with Crippen molar-refractivity contribution >= 4 is 15.9 Å². The van der Waals surface area contributed by atoms with Gasteiger partial charge in [-0.1, -0.05) is 6.92 Å². The molecular weight excluding hydrogens is 362 g/mol. The fourth-order valence-electron chi connectivity index (χ4n) is 3.01. The molecule has 152 valence electrons. The smallest absolute Gasteiger partial charge is 0.251 e. The minimum Gasteiger partial charge on any atom is -0.352 e. The summed E-state index contributed by atoms with van der Waals surface area (Å²) in [5.74, 6) is 0.391. The maximum absolute atomic E-state index is 12.7. The third-order valence-electron chi connectivity index (χ3n) is 4.79. The Hall–Kier alpha value is -1.44. The lowest BCUT2D eigenvalue weighted by molar-refractivity contribution is 0.0953. The summed E-state index contributed by atoms with van der Waals surface area (Å²) >= 11 is 0. The number of piperidine rings is 1. The Morgan fingerprint density at radius 3 is 2.26 bits per heavy atom. The van der Waals surface area contributed by atoms with Gasteiger partial charge >= 0.3 is 0 Å². The molecule has 27 heavy (non-hydrogen) atoms. The molecular formula is C20H33N3O3S. The van der Waals surface area contributed by atoms with Gasteiger partial charge in [0.05, 0.1) is 4.90 Å². The highest BCUT2D eigenvalue weighted by Crippen LogP contribution is 2.23. The van der Waals surface area contributed by atoms with E-state index in [0.717, 1.165) is 25.8 Å². The molecule has 0 radical (unpaired) electrons. The Morgan fingerprint density at radius 1 is 1.11 bits per heavy atom. The maximum atomic E-state index is 12.7. The van der Waals surface area contributed by atoms with Gasteiger partial charge in [0.2, 0.25) is 10.0 Å². The third kappa shape index (κ3) is 6.59. The molecule has 2 rings (SSSR count). The Morgan fingerprint density at radius 2 is 1.70 bits per heavy atom. The summed E-state index contributed by atoms with van der Waals surface area (Å²) in [7, 11) is -3.47. The van der Waals surface area contributed by atoms with Gasteiger partial charge in [0.15, 0.2) is 0 Å². The number of hydrogen-bond donors (Lipinski definition) is 2. The van der Waals surface area contributed by atoms with Crippen molar-refractivity contribution in [2.75, 3.05) is 26.2 Å². The Bertz CT molecular complexity index is 716. The lowest BCUT2D eigenvalue weighted by atomic mass is 10.0. The van der Waals surface area contributed by atoms with Crippen LogP contribution in [0.15, 0.2) is 29.2 Å². The van der Waals surface area contributed by atoms with E-state index in [1.807, 2.05) is 0 Å². The molecule has 1 saturated heterocycles.